The van der Waals surface area contributed by atoms with Gasteiger partial charge in [0.15, 0.2) is 0 Å². The number of likely N-dealkylation sites (tertiary alicyclic amines) is 1. The third-order valence-corrected chi connectivity index (χ3v) is 5.39. The number of carbonyl (C=O) groups excluding carboxylic acids is 1. The minimum absolute atomic E-state index is 0.260. The fourth-order valence-electron chi connectivity index (χ4n) is 4.55. The predicted molar refractivity (Wildman–Crippen MR) is 83.7 cm³/mol. The molecule has 1 amide bonds. The van der Waals surface area contributed by atoms with Crippen molar-refractivity contribution in [2.45, 2.75) is 52.0 Å². The van der Waals surface area contributed by atoms with Gasteiger partial charge in [0.1, 0.15) is 0 Å². The molecule has 1 aromatic heterocycles. The van der Waals surface area contributed by atoms with E-state index >= 15 is 0 Å². The first-order valence-corrected chi connectivity index (χ1v) is 8.32. The van der Waals surface area contributed by atoms with Crippen LogP contribution in [0.15, 0.2) is 24.4 Å². The van der Waals surface area contributed by atoms with Gasteiger partial charge in [-0.3, -0.25) is 9.78 Å². The molecule has 1 aliphatic heterocycles. The summed E-state index contributed by atoms with van der Waals surface area (Å²) in [5, 5.41) is 0. The van der Waals surface area contributed by atoms with Crippen LogP contribution in [0.25, 0.3) is 0 Å². The highest BCUT2D eigenvalue weighted by Gasteiger charge is 2.42. The second-order valence-electron chi connectivity index (χ2n) is 6.95. The smallest absolute Gasteiger partial charge is 0.219 e. The van der Waals surface area contributed by atoms with E-state index in [9.17, 15) is 4.79 Å². The number of nitrogens with zero attached hydrogens (tertiary/aromatic N) is 2. The van der Waals surface area contributed by atoms with Crippen LogP contribution >= 0.6 is 0 Å². The summed E-state index contributed by atoms with van der Waals surface area (Å²) in [6.07, 6.45) is 7.86. The van der Waals surface area contributed by atoms with Crippen molar-refractivity contribution >= 4 is 5.91 Å². The minimum Gasteiger partial charge on any atom is -0.340 e. The van der Waals surface area contributed by atoms with Gasteiger partial charge in [0.05, 0.1) is 0 Å². The molecule has 2 aliphatic rings. The van der Waals surface area contributed by atoms with Crippen LogP contribution in [0.2, 0.25) is 0 Å². The fourth-order valence-corrected chi connectivity index (χ4v) is 4.55. The molecule has 1 aromatic rings. The van der Waals surface area contributed by atoms with Crippen molar-refractivity contribution in [1.29, 1.82) is 0 Å². The average Bonchev–Trinajstić information content (AvgIpc) is 2.47. The van der Waals surface area contributed by atoms with Crippen LogP contribution in [0.3, 0.4) is 0 Å². The number of pyridine rings is 1. The van der Waals surface area contributed by atoms with Crippen molar-refractivity contribution < 1.29 is 4.79 Å². The molecule has 1 aliphatic carbocycles. The highest BCUT2D eigenvalue weighted by atomic mass is 16.2. The minimum atomic E-state index is 0.260. The molecule has 1 saturated heterocycles. The van der Waals surface area contributed by atoms with E-state index in [2.05, 4.69) is 28.9 Å². The Kier molecular flexibility index (Phi) is 4.27. The molecular weight excluding hydrogens is 260 g/mol. The highest BCUT2D eigenvalue weighted by Crippen LogP contribution is 2.42. The summed E-state index contributed by atoms with van der Waals surface area (Å²) in [7, 11) is 0. The largest absolute Gasteiger partial charge is 0.340 e. The molecule has 2 fully saturated rings. The van der Waals surface area contributed by atoms with Crippen LogP contribution < -0.4 is 0 Å². The Balaban J connectivity index is 1.78. The van der Waals surface area contributed by atoms with E-state index in [1.54, 1.807) is 6.92 Å². The van der Waals surface area contributed by atoms with Gasteiger partial charge in [-0.25, -0.2) is 0 Å². The first-order valence-electron chi connectivity index (χ1n) is 8.32. The first kappa shape index (κ1) is 14.6. The van der Waals surface area contributed by atoms with E-state index in [4.69, 9.17) is 0 Å². The number of hydrogen-bond acceptors (Lipinski definition) is 2. The van der Waals surface area contributed by atoms with Crippen molar-refractivity contribution in [2.24, 2.45) is 17.8 Å². The predicted octanol–water partition coefficient (Wildman–Crippen LogP) is 3.30. The number of hydrogen-bond donors (Lipinski definition) is 0. The number of aromatic nitrogens is 1. The third kappa shape index (κ3) is 3.12. The normalized spacial score (nSPS) is 32.6. The molecule has 114 valence electrons. The molecule has 3 nitrogen and oxygen atoms in total. The zero-order valence-corrected chi connectivity index (χ0v) is 13.2. The molecule has 2 heterocycles. The molecule has 1 saturated carbocycles. The van der Waals surface area contributed by atoms with Gasteiger partial charge in [0.25, 0.3) is 0 Å². The lowest BCUT2D eigenvalue weighted by Gasteiger charge is -2.49. The van der Waals surface area contributed by atoms with E-state index in [0.717, 1.165) is 19.4 Å². The number of amides is 1. The Morgan fingerprint density at radius 2 is 2.24 bits per heavy atom. The zero-order chi connectivity index (χ0) is 14.8. The lowest BCUT2D eigenvalue weighted by Crippen LogP contribution is -2.53. The van der Waals surface area contributed by atoms with Gasteiger partial charge >= 0.3 is 0 Å². The molecule has 4 atom stereocenters. The number of carbonyl (C=O) groups is 1. The summed E-state index contributed by atoms with van der Waals surface area (Å²) >= 11 is 0. The molecular formula is C18H26N2O. The topological polar surface area (TPSA) is 33.2 Å². The van der Waals surface area contributed by atoms with Crippen molar-refractivity contribution in [2.75, 3.05) is 6.54 Å². The molecule has 3 rings (SSSR count). The SMILES string of the molecule is CC(=O)N1CCC[C@@H]2[C@H](Cc3ccccn3)C[C@@H](C)C[C@@H]21. The molecule has 21 heavy (non-hydrogen) atoms. The van der Waals surface area contributed by atoms with Crippen molar-refractivity contribution in [3.05, 3.63) is 30.1 Å². The highest BCUT2D eigenvalue weighted by molar-refractivity contribution is 5.73. The summed E-state index contributed by atoms with van der Waals surface area (Å²) in [5.41, 5.74) is 1.20. The second-order valence-corrected chi connectivity index (χ2v) is 6.95. The quantitative estimate of drug-likeness (QED) is 0.836. The maximum absolute atomic E-state index is 11.9. The van der Waals surface area contributed by atoms with E-state index < -0.39 is 0 Å². The third-order valence-electron chi connectivity index (χ3n) is 5.39. The Morgan fingerprint density at radius 3 is 2.95 bits per heavy atom. The van der Waals surface area contributed by atoms with Crippen molar-refractivity contribution in [3.63, 3.8) is 0 Å². The van der Waals surface area contributed by atoms with E-state index in [0.29, 0.717) is 23.8 Å². The van der Waals surface area contributed by atoms with Crippen LogP contribution in [0, 0.1) is 17.8 Å². The Hall–Kier alpha value is -1.38. The average molecular weight is 286 g/mol. The van der Waals surface area contributed by atoms with Gasteiger partial charge in [-0.05, 0) is 62.0 Å². The number of piperidine rings is 1. The standard InChI is InChI=1S/C18H26N2O/c1-13-10-15(12-16-6-3-4-8-19-16)17-7-5-9-20(14(2)21)18(17)11-13/h3-4,6,8,13,15,17-18H,5,7,9-12H2,1-2H3/t13-,15+,17-,18+/m1/s1. The van der Waals surface area contributed by atoms with Gasteiger partial charge in [-0.15, -0.1) is 0 Å². The van der Waals surface area contributed by atoms with Gasteiger partial charge < -0.3 is 4.90 Å². The summed E-state index contributed by atoms with van der Waals surface area (Å²) in [5.74, 6) is 2.31. The maximum Gasteiger partial charge on any atom is 0.219 e. The molecule has 0 spiro atoms. The lowest BCUT2D eigenvalue weighted by molar-refractivity contribution is -0.137. The Morgan fingerprint density at radius 1 is 1.38 bits per heavy atom. The molecule has 0 aromatic carbocycles. The van der Waals surface area contributed by atoms with Gasteiger partial charge in [-0.2, -0.15) is 0 Å². The van der Waals surface area contributed by atoms with Crippen LogP contribution in [-0.4, -0.2) is 28.4 Å². The van der Waals surface area contributed by atoms with E-state index in [1.807, 2.05) is 12.3 Å². The van der Waals surface area contributed by atoms with Gasteiger partial charge in [0, 0.05) is 31.4 Å². The maximum atomic E-state index is 11.9. The van der Waals surface area contributed by atoms with E-state index in [-0.39, 0.29) is 5.91 Å². The summed E-state index contributed by atoms with van der Waals surface area (Å²) in [6, 6.07) is 6.66. The van der Waals surface area contributed by atoms with Crippen LogP contribution in [0.1, 0.15) is 45.2 Å². The Labute approximate surface area is 127 Å². The monoisotopic (exact) mass is 286 g/mol. The molecule has 0 radical (unpaired) electrons. The van der Waals surface area contributed by atoms with E-state index in [1.165, 1.54) is 25.0 Å². The zero-order valence-electron chi connectivity index (χ0n) is 13.2. The lowest BCUT2D eigenvalue weighted by atomic mass is 9.66. The number of fused-ring (bicyclic) bond motifs is 1. The molecule has 0 unspecified atom stereocenters. The molecule has 0 N–H and O–H groups in total. The molecule has 0 bridgehead atoms. The first-order chi connectivity index (χ1) is 10.1. The van der Waals surface area contributed by atoms with Crippen molar-refractivity contribution in [3.8, 4) is 0 Å². The summed E-state index contributed by atoms with van der Waals surface area (Å²) in [6.45, 7) is 5.03. The Bertz CT molecular complexity index is 487. The fraction of sp³-hybridized carbons (Fsp3) is 0.667. The number of rotatable bonds is 2. The van der Waals surface area contributed by atoms with Gasteiger partial charge in [0.2, 0.25) is 5.91 Å². The summed E-state index contributed by atoms with van der Waals surface area (Å²) in [4.78, 5) is 18.6. The summed E-state index contributed by atoms with van der Waals surface area (Å²) < 4.78 is 0. The van der Waals surface area contributed by atoms with Crippen LogP contribution in [0.5, 0.6) is 0 Å². The van der Waals surface area contributed by atoms with Gasteiger partial charge in [-0.1, -0.05) is 13.0 Å². The van der Waals surface area contributed by atoms with Crippen LogP contribution in [0.4, 0.5) is 0 Å². The molecule has 3 heteroatoms. The van der Waals surface area contributed by atoms with Crippen LogP contribution in [-0.2, 0) is 11.2 Å². The van der Waals surface area contributed by atoms with Crippen molar-refractivity contribution in [1.82, 2.24) is 9.88 Å². The second kappa shape index (κ2) is 6.17.